The summed E-state index contributed by atoms with van der Waals surface area (Å²) in [5, 5.41) is 19.3. The molecule has 0 saturated heterocycles. The maximum Gasteiger partial charge on any atom is 0.0800 e. The molecule has 2 nitrogen and oxygen atoms in total. The molecule has 0 spiro atoms. The third-order valence-electron chi connectivity index (χ3n) is 2.56. The van der Waals surface area contributed by atoms with E-state index >= 15 is 0 Å². The van der Waals surface area contributed by atoms with E-state index in [4.69, 9.17) is 0 Å². The van der Waals surface area contributed by atoms with Gasteiger partial charge in [0.25, 0.3) is 0 Å². The van der Waals surface area contributed by atoms with E-state index in [1.165, 1.54) is 0 Å². The van der Waals surface area contributed by atoms with E-state index in [1.54, 1.807) is 13.0 Å². The van der Waals surface area contributed by atoms with Gasteiger partial charge in [0.15, 0.2) is 0 Å². The summed E-state index contributed by atoms with van der Waals surface area (Å²) in [5.41, 5.74) is -1.32. The lowest BCUT2D eigenvalue weighted by Gasteiger charge is -2.33. The van der Waals surface area contributed by atoms with Gasteiger partial charge in [0.05, 0.1) is 11.2 Å². The van der Waals surface area contributed by atoms with E-state index in [0.29, 0.717) is 0 Å². The molecule has 0 radical (unpaired) electrons. The van der Waals surface area contributed by atoms with Crippen molar-refractivity contribution < 1.29 is 10.2 Å². The van der Waals surface area contributed by atoms with Gasteiger partial charge in [-0.1, -0.05) is 12.2 Å². The summed E-state index contributed by atoms with van der Waals surface area (Å²) in [6, 6.07) is 0. The summed E-state index contributed by atoms with van der Waals surface area (Å²) in [7, 11) is 0. The van der Waals surface area contributed by atoms with Gasteiger partial charge in [-0.2, -0.15) is 0 Å². The molecule has 12 heavy (non-hydrogen) atoms. The van der Waals surface area contributed by atoms with Gasteiger partial charge in [0.2, 0.25) is 0 Å². The van der Waals surface area contributed by atoms with Crippen molar-refractivity contribution >= 4 is 0 Å². The van der Waals surface area contributed by atoms with Crippen LogP contribution in [0.2, 0.25) is 0 Å². The number of aliphatic hydroxyl groups is 2. The first-order chi connectivity index (χ1) is 5.31. The fourth-order valence-electron chi connectivity index (χ4n) is 1.54. The van der Waals surface area contributed by atoms with Gasteiger partial charge in [-0.15, -0.1) is 0 Å². The Balaban J connectivity index is 2.67. The van der Waals surface area contributed by atoms with Crippen LogP contribution < -0.4 is 0 Å². The predicted molar refractivity (Wildman–Crippen MR) is 48.8 cm³/mol. The third kappa shape index (κ3) is 2.32. The largest absolute Gasteiger partial charge is 0.390 e. The highest BCUT2D eigenvalue weighted by atomic mass is 16.3. The van der Waals surface area contributed by atoms with E-state index in [0.717, 1.165) is 12.8 Å². The molecule has 70 valence electrons. The lowest BCUT2D eigenvalue weighted by molar-refractivity contribution is 0.0114. The number of rotatable bonds is 1. The fraction of sp³-hybridized carbons (Fsp3) is 0.800. The van der Waals surface area contributed by atoms with Gasteiger partial charge in [-0.25, -0.2) is 0 Å². The summed E-state index contributed by atoms with van der Waals surface area (Å²) in [4.78, 5) is 0. The minimum atomic E-state index is -0.665. The van der Waals surface area contributed by atoms with Crippen LogP contribution in [0.5, 0.6) is 0 Å². The van der Waals surface area contributed by atoms with Gasteiger partial charge < -0.3 is 10.2 Å². The Labute approximate surface area is 73.9 Å². The molecule has 1 unspecified atom stereocenters. The highest BCUT2D eigenvalue weighted by molar-refractivity contribution is 5.08. The molecule has 0 aromatic rings. The topological polar surface area (TPSA) is 40.5 Å². The maximum atomic E-state index is 9.68. The van der Waals surface area contributed by atoms with Crippen molar-refractivity contribution in [1.82, 2.24) is 0 Å². The van der Waals surface area contributed by atoms with Crippen LogP contribution >= 0.6 is 0 Å². The van der Waals surface area contributed by atoms with Crippen LogP contribution in [-0.4, -0.2) is 21.4 Å². The molecule has 0 heterocycles. The Bertz CT molecular complexity index is 187. The zero-order chi connectivity index (χ0) is 9.41. The van der Waals surface area contributed by atoms with Gasteiger partial charge in [0.1, 0.15) is 0 Å². The lowest BCUT2D eigenvalue weighted by atomic mass is 9.79. The average Bonchev–Trinajstić information content (AvgIpc) is 1.83. The molecular formula is C10H18O2. The third-order valence-corrected chi connectivity index (χ3v) is 2.56. The van der Waals surface area contributed by atoms with E-state index < -0.39 is 11.2 Å². The van der Waals surface area contributed by atoms with Crippen molar-refractivity contribution in [1.29, 1.82) is 0 Å². The Hall–Kier alpha value is -0.340. The van der Waals surface area contributed by atoms with E-state index in [1.807, 2.05) is 19.9 Å². The van der Waals surface area contributed by atoms with Crippen LogP contribution in [0.25, 0.3) is 0 Å². The molecule has 0 aliphatic heterocycles. The van der Waals surface area contributed by atoms with Crippen molar-refractivity contribution in [3.05, 3.63) is 12.2 Å². The molecule has 0 aromatic heterocycles. The Morgan fingerprint density at radius 1 is 1.50 bits per heavy atom. The first-order valence-electron chi connectivity index (χ1n) is 4.45. The monoisotopic (exact) mass is 170 g/mol. The minimum absolute atomic E-state index is 0.178. The minimum Gasteiger partial charge on any atom is -0.390 e. The second-order valence-corrected chi connectivity index (χ2v) is 4.52. The molecule has 0 amide bonds. The van der Waals surface area contributed by atoms with Crippen molar-refractivity contribution in [2.45, 2.75) is 44.8 Å². The molecule has 0 bridgehead atoms. The van der Waals surface area contributed by atoms with Crippen LogP contribution in [0.1, 0.15) is 33.6 Å². The van der Waals surface area contributed by atoms with Gasteiger partial charge in [0, 0.05) is 5.92 Å². The summed E-state index contributed by atoms with van der Waals surface area (Å²) in [6.45, 7) is 5.41. The molecule has 1 aliphatic rings. The molecule has 2 atom stereocenters. The van der Waals surface area contributed by atoms with Crippen LogP contribution in [0.15, 0.2) is 12.2 Å². The summed E-state index contributed by atoms with van der Waals surface area (Å²) in [6.07, 6.45) is 5.30. The number of hydrogen-bond donors (Lipinski definition) is 2. The first-order valence-corrected chi connectivity index (χ1v) is 4.45. The number of hydrogen-bond acceptors (Lipinski definition) is 2. The lowest BCUT2D eigenvalue weighted by Crippen LogP contribution is -2.35. The standard InChI is InChI=1S/C10H18O2/c1-9(2,11)8-4-6-10(3,12)7-5-8/h4,6,8,11-12H,5,7H2,1-3H3/t8-,10?/m0/s1. The van der Waals surface area contributed by atoms with Crippen LogP contribution in [0.3, 0.4) is 0 Å². The van der Waals surface area contributed by atoms with Crippen LogP contribution in [-0.2, 0) is 0 Å². The quantitative estimate of drug-likeness (QED) is 0.585. The summed E-state index contributed by atoms with van der Waals surface area (Å²) >= 11 is 0. The molecule has 1 rings (SSSR count). The second kappa shape index (κ2) is 2.86. The summed E-state index contributed by atoms with van der Waals surface area (Å²) in [5.74, 6) is 0.178. The Morgan fingerprint density at radius 3 is 2.42 bits per heavy atom. The highest BCUT2D eigenvalue weighted by Crippen LogP contribution is 2.31. The molecule has 2 heteroatoms. The van der Waals surface area contributed by atoms with Gasteiger partial charge >= 0.3 is 0 Å². The summed E-state index contributed by atoms with van der Waals surface area (Å²) < 4.78 is 0. The molecule has 0 saturated carbocycles. The molecule has 0 fully saturated rings. The maximum absolute atomic E-state index is 9.68. The van der Waals surface area contributed by atoms with Crippen LogP contribution in [0, 0.1) is 5.92 Å². The van der Waals surface area contributed by atoms with Gasteiger partial charge in [-0.3, -0.25) is 0 Å². The zero-order valence-corrected chi connectivity index (χ0v) is 8.04. The molecular weight excluding hydrogens is 152 g/mol. The first kappa shape index (κ1) is 9.75. The Kier molecular flexibility index (Phi) is 2.32. The zero-order valence-electron chi connectivity index (χ0n) is 8.04. The SMILES string of the molecule is CC1(O)C=C[C@H](C(C)(C)O)CC1. The normalized spacial score (nSPS) is 36.9. The van der Waals surface area contributed by atoms with Crippen molar-refractivity contribution in [3.8, 4) is 0 Å². The van der Waals surface area contributed by atoms with Crippen molar-refractivity contribution in [3.63, 3.8) is 0 Å². The molecule has 0 aromatic carbocycles. The smallest absolute Gasteiger partial charge is 0.0800 e. The molecule has 1 aliphatic carbocycles. The second-order valence-electron chi connectivity index (χ2n) is 4.52. The van der Waals surface area contributed by atoms with Crippen molar-refractivity contribution in [2.75, 3.05) is 0 Å². The van der Waals surface area contributed by atoms with E-state index in [9.17, 15) is 10.2 Å². The Morgan fingerprint density at radius 2 is 2.08 bits per heavy atom. The highest BCUT2D eigenvalue weighted by Gasteiger charge is 2.31. The molecule has 2 N–H and O–H groups in total. The van der Waals surface area contributed by atoms with E-state index in [2.05, 4.69) is 0 Å². The fourth-order valence-corrected chi connectivity index (χ4v) is 1.54. The predicted octanol–water partition coefficient (Wildman–Crippen LogP) is 1.47. The average molecular weight is 170 g/mol. The van der Waals surface area contributed by atoms with E-state index in [-0.39, 0.29) is 5.92 Å². The van der Waals surface area contributed by atoms with Crippen LogP contribution in [0.4, 0.5) is 0 Å². The van der Waals surface area contributed by atoms with Gasteiger partial charge in [-0.05, 0) is 33.6 Å². The van der Waals surface area contributed by atoms with Crippen molar-refractivity contribution in [2.24, 2.45) is 5.92 Å².